The molecule has 2 aromatic carbocycles. The first-order valence-electron chi connectivity index (χ1n) is 9.55. The number of ether oxygens (including phenoxy) is 2. The number of hydrogen-bond acceptors (Lipinski definition) is 4. The van der Waals surface area contributed by atoms with Gasteiger partial charge in [-0.3, -0.25) is 9.69 Å². The van der Waals surface area contributed by atoms with Crippen LogP contribution in [0.3, 0.4) is 0 Å². The van der Waals surface area contributed by atoms with Crippen molar-refractivity contribution < 1.29 is 14.3 Å². The zero-order chi connectivity index (χ0) is 19.2. The number of nitrogens with zero attached hydrogens (tertiary/aromatic N) is 1. The molecule has 0 bridgehead atoms. The number of para-hydroxylation sites is 2. The first kappa shape index (κ1) is 19.4. The largest absolute Gasteiger partial charge is 0.492 e. The molecule has 1 heterocycles. The molecule has 1 saturated heterocycles. The van der Waals surface area contributed by atoms with E-state index in [1.165, 1.54) is 5.56 Å². The summed E-state index contributed by atoms with van der Waals surface area (Å²) in [5.74, 6) is 0.544. The van der Waals surface area contributed by atoms with Crippen LogP contribution in [0.4, 0.5) is 5.69 Å². The molecular formula is C22H28N2O3. The summed E-state index contributed by atoms with van der Waals surface area (Å²) in [4.78, 5) is 15.0. The van der Waals surface area contributed by atoms with Gasteiger partial charge in [0.1, 0.15) is 5.75 Å². The average Bonchev–Trinajstić information content (AvgIpc) is 2.63. The van der Waals surface area contributed by atoms with Crippen LogP contribution < -0.4 is 10.1 Å². The Hall–Kier alpha value is -2.37. The number of rotatable bonds is 6. The van der Waals surface area contributed by atoms with Gasteiger partial charge < -0.3 is 14.8 Å². The number of carbonyl (C=O) groups is 1. The van der Waals surface area contributed by atoms with Gasteiger partial charge in [0, 0.05) is 25.2 Å². The topological polar surface area (TPSA) is 50.8 Å². The smallest absolute Gasteiger partial charge is 0.255 e. The van der Waals surface area contributed by atoms with E-state index in [9.17, 15) is 4.79 Å². The molecule has 1 amide bonds. The van der Waals surface area contributed by atoms with Gasteiger partial charge in [0.2, 0.25) is 0 Å². The lowest BCUT2D eigenvalue weighted by atomic mass is 10.1. The van der Waals surface area contributed by atoms with Crippen molar-refractivity contribution in [2.75, 3.05) is 25.0 Å². The highest BCUT2D eigenvalue weighted by Gasteiger charge is 2.22. The Morgan fingerprint density at radius 2 is 1.78 bits per heavy atom. The van der Waals surface area contributed by atoms with Crippen molar-refractivity contribution in [1.29, 1.82) is 0 Å². The minimum Gasteiger partial charge on any atom is -0.492 e. The zero-order valence-electron chi connectivity index (χ0n) is 16.3. The molecule has 0 aromatic heterocycles. The minimum atomic E-state index is -0.137. The first-order chi connectivity index (χ1) is 13.0. The highest BCUT2D eigenvalue weighted by molar-refractivity contribution is 6.05. The van der Waals surface area contributed by atoms with Gasteiger partial charge in [-0.2, -0.15) is 0 Å². The lowest BCUT2D eigenvalue weighted by Gasteiger charge is -2.35. The summed E-state index contributed by atoms with van der Waals surface area (Å²) in [5.41, 5.74) is 2.51. The normalized spacial score (nSPS) is 20.3. The number of morpholine rings is 1. The Labute approximate surface area is 161 Å². The van der Waals surface area contributed by atoms with Crippen LogP contribution in [0, 0.1) is 0 Å². The Kier molecular flexibility index (Phi) is 6.48. The number of hydrogen-bond donors (Lipinski definition) is 1. The molecule has 1 fully saturated rings. The summed E-state index contributed by atoms with van der Waals surface area (Å²) in [6, 6.07) is 15.3. The molecule has 1 aliphatic rings. The molecule has 2 aromatic rings. The number of amides is 1. The van der Waals surface area contributed by atoms with Crippen LogP contribution in [0.25, 0.3) is 0 Å². The van der Waals surface area contributed by atoms with Crippen molar-refractivity contribution in [3.8, 4) is 5.75 Å². The van der Waals surface area contributed by atoms with Crippen LogP contribution in [0.1, 0.15) is 36.7 Å². The molecule has 0 spiro atoms. The molecule has 144 valence electrons. The zero-order valence-corrected chi connectivity index (χ0v) is 16.3. The van der Waals surface area contributed by atoms with Gasteiger partial charge in [0.05, 0.1) is 24.5 Å². The van der Waals surface area contributed by atoms with Gasteiger partial charge in [0.25, 0.3) is 5.91 Å². The van der Waals surface area contributed by atoms with Crippen molar-refractivity contribution >= 4 is 11.6 Å². The van der Waals surface area contributed by atoms with E-state index >= 15 is 0 Å². The summed E-state index contributed by atoms with van der Waals surface area (Å²) in [7, 11) is 0. The van der Waals surface area contributed by atoms with E-state index in [0.717, 1.165) is 19.6 Å². The van der Waals surface area contributed by atoms with Gasteiger partial charge in [-0.1, -0.05) is 24.3 Å². The summed E-state index contributed by atoms with van der Waals surface area (Å²) in [6.07, 6.45) is 0.508. The van der Waals surface area contributed by atoms with E-state index in [0.29, 0.717) is 23.6 Å². The molecule has 0 aliphatic carbocycles. The fourth-order valence-corrected chi connectivity index (χ4v) is 3.48. The monoisotopic (exact) mass is 368 g/mol. The number of anilines is 1. The number of carbonyl (C=O) groups excluding carboxylic acids is 1. The van der Waals surface area contributed by atoms with Crippen molar-refractivity contribution in [1.82, 2.24) is 4.90 Å². The third-order valence-electron chi connectivity index (χ3n) is 4.55. The van der Waals surface area contributed by atoms with E-state index in [1.807, 2.05) is 55.5 Å². The molecule has 27 heavy (non-hydrogen) atoms. The van der Waals surface area contributed by atoms with Gasteiger partial charge >= 0.3 is 0 Å². The summed E-state index contributed by atoms with van der Waals surface area (Å²) >= 11 is 0. The predicted octanol–water partition coefficient (Wildman–Crippen LogP) is 3.95. The van der Waals surface area contributed by atoms with Crippen LogP contribution in [0.15, 0.2) is 48.5 Å². The van der Waals surface area contributed by atoms with Crippen LogP contribution in [0.2, 0.25) is 0 Å². The minimum absolute atomic E-state index is 0.137. The summed E-state index contributed by atoms with van der Waals surface area (Å²) in [6.45, 7) is 9.43. The van der Waals surface area contributed by atoms with Gasteiger partial charge in [0.15, 0.2) is 0 Å². The molecular weight excluding hydrogens is 340 g/mol. The number of nitrogens with one attached hydrogen (secondary N) is 1. The molecule has 2 atom stereocenters. The van der Waals surface area contributed by atoms with Crippen LogP contribution >= 0.6 is 0 Å². The van der Waals surface area contributed by atoms with Crippen molar-refractivity contribution in [3.63, 3.8) is 0 Å². The maximum atomic E-state index is 12.6. The molecule has 0 radical (unpaired) electrons. The van der Waals surface area contributed by atoms with Gasteiger partial charge in [-0.05, 0) is 50.6 Å². The lowest BCUT2D eigenvalue weighted by Crippen LogP contribution is -2.44. The van der Waals surface area contributed by atoms with E-state index in [4.69, 9.17) is 9.47 Å². The fourth-order valence-electron chi connectivity index (χ4n) is 3.48. The molecule has 5 nitrogen and oxygen atoms in total. The van der Waals surface area contributed by atoms with Crippen molar-refractivity contribution in [2.24, 2.45) is 0 Å². The third-order valence-corrected chi connectivity index (χ3v) is 4.55. The second-order valence-corrected chi connectivity index (χ2v) is 7.03. The van der Waals surface area contributed by atoms with E-state index < -0.39 is 0 Å². The maximum absolute atomic E-state index is 12.6. The second-order valence-electron chi connectivity index (χ2n) is 7.03. The van der Waals surface area contributed by atoms with Crippen LogP contribution in [0.5, 0.6) is 5.75 Å². The van der Waals surface area contributed by atoms with Crippen LogP contribution in [-0.4, -0.2) is 42.7 Å². The van der Waals surface area contributed by atoms with E-state index in [-0.39, 0.29) is 18.1 Å². The quantitative estimate of drug-likeness (QED) is 0.839. The third kappa shape index (κ3) is 5.31. The highest BCUT2D eigenvalue weighted by Crippen LogP contribution is 2.24. The molecule has 2 unspecified atom stereocenters. The molecule has 1 aliphatic heterocycles. The standard InChI is InChI=1S/C22H28N2O3/c1-4-26-21-8-6-5-7-20(21)23-22(25)19-11-9-18(10-12-19)15-24-13-16(2)27-17(3)14-24/h5-12,16-17H,4,13-15H2,1-3H3,(H,23,25). The Morgan fingerprint density at radius 3 is 2.44 bits per heavy atom. The predicted molar refractivity (Wildman–Crippen MR) is 107 cm³/mol. The Bertz CT molecular complexity index is 750. The molecule has 3 rings (SSSR count). The molecule has 1 N–H and O–H groups in total. The van der Waals surface area contributed by atoms with Gasteiger partial charge in [-0.25, -0.2) is 0 Å². The van der Waals surface area contributed by atoms with Crippen molar-refractivity contribution in [2.45, 2.75) is 39.5 Å². The summed E-state index contributed by atoms with van der Waals surface area (Å²) in [5, 5.41) is 2.93. The maximum Gasteiger partial charge on any atom is 0.255 e. The Morgan fingerprint density at radius 1 is 1.11 bits per heavy atom. The first-order valence-corrected chi connectivity index (χ1v) is 9.55. The lowest BCUT2D eigenvalue weighted by molar-refractivity contribution is -0.0704. The van der Waals surface area contributed by atoms with E-state index in [1.54, 1.807) is 0 Å². The fraction of sp³-hybridized carbons (Fsp3) is 0.409. The second kappa shape index (κ2) is 9.02. The molecule has 0 saturated carbocycles. The van der Waals surface area contributed by atoms with Crippen LogP contribution in [-0.2, 0) is 11.3 Å². The van der Waals surface area contributed by atoms with Gasteiger partial charge in [-0.15, -0.1) is 0 Å². The Balaban J connectivity index is 1.62. The molecule has 5 heteroatoms. The SMILES string of the molecule is CCOc1ccccc1NC(=O)c1ccc(CN2CC(C)OC(C)C2)cc1. The average molecular weight is 368 g/mol. The summed E-state index contributed by atoms with van der Waals surface area (Å²) < 4.78 is 11.3. The van der Waals surface area contributed by atoms with Crippen molar-refractivity contribution in [3.05, 3.63) is 59.7 Å². The number of benzene rings is 2. The highest BCUT2D eigenvalue weighted by atomic mass is 16.5. The van der Waals surface area contributed by atoms with E-state index in [2.05, 4.69) is 24.1 Å².